The third-order valence-electron chi connectivity index (χ3n) is 5.89. The normalized spacial score (nSPS) is 27.2. The van der Waals surface area contributed by atoms with Crippen LogP contribution in [0.2, 0.25) is 0 Å². The highest BCUT2D eigenvalue weighted by Gasteiger charge is 2.36. The van der Waals surface area contributed by atoms with Gasteiger partial charge in [0.15, 0.2) is 0 Å². The fourth-order valence-electron chi connectivity index (χ4n) is 4.99. The maximum Gasteiger partial charge on any atom is 0.00450 e. The Bertz CT molecular complexity index is 523. The first-order valence-corrected chi connectivity index (χ1v) is 8.94. The van der Waals surface area contributed by atoms with E-state index in [2.05, 4.69) is 74.5 Å². The van der Waals surface area contributed by atoms with Crippen molar-refractivity contribution in [3.8, 4) is 0 Å². The Kier molecular flexibility index (Phi) is 4.90. The summed E-state index contributed by atoms with van der Waals surface area (Å²) in [6.45, 7) is 21.1. The van der Waals surface area contributed by atoms with Crippen molar-refractivity contribution in [1.82, 2.24) is 0 Å². The van der Waals surface area contributed by atoms with E-state index in [1.165, 1.54) is 0 Å². The molecule has 122 valence electrons. The molecule has 0 heteroatoms. The maximum atomic E-state index is 2.46. The fraction of sp³-hybridized carbons (Fsp3) is 0.636. The zero-order chi connectivity index (χ0) is 16.8. The van der Waals surface area contributed by atoms with Gasteiger partial charge in [-0.1, -0.05) is 69.1 Å². The molecular weight excluding hydrogens is 264 g/mol. The van der Waals surface area contributed by atoms with Gasteiger partial charge in [0.05, 0.1) is 0 Å². The van der Waals surface area contributed by atoms with E-state index >= 15 is 0 Å². The lowest BCUT2D eigenvalue weighted by molar-refractivity contribution is 0.379. The molecule has 0 aromatic heterocycles. The summed E-state index contributed by atoms with van der Waals surface area (Å²) in [7, 11) is 0. The van der Waals surface area contributed by atoms with Crippen LogP contribution in [-0.2, 0) is 0 Å². The smallest absolute Gasteiger partial charge is 0.00450 e. The molecule has 2 atom stereocenters. The van der Waals surface area contributed by atoms with Gasteiger partial charge in [-0.2, -0.15) is 0 Å². The van der Waals surface area contributed by atoms with E-state index in [1.54, 1.807) is 33.4 Å². The first-order valence-electron chi connectivity index (χ1n) is 8.94. The molecule has 0 saturated carbocycles. The number of hydrogen-bond acceptors (Lipinski definition) is 0. The van der Waals surface area contributed by atoms with Crippen molar-refractivity contribution in [1.29, 1.82) is 0 Å². The topological polar surface area (TPSA) is 0 Å². The number of allylic oxidation sites excluding steroid dienone is 8. The van der Waals surface area contributed by atoms with Gasteiger partial charge in [0.25, 0.3) is 0 Å². The van der Waals surface area contributed by atoms with Crippen LogP contribution in [0.3, 0.4) is 0 Å². The van der Waals surface area contributed by atoms with E-state index < -0.39 is 0 Å². The minimum atomic E-state index is 0.618. The Morgan fingerprint density at radius 2 is 0.955 bits per heavy atom. The SMILES string of the molecule is CC1=CC(C(C)C)=C(C)C1C(C)C1C(C)=CC(C(C)C)=C1C. The van der Waals surface area contributed by atoms with Crippen molar-refractivity contribution >= 4 is 0 Å². The largest absolute Gasteiger partial charge is 0.0656 e. The Hall–Kier alpha value is -1.04. The first kappa shape index (κ1) is 17.3. The van der Waals surface area contributed by atoms with Crippen molar-refractivity contribution in [2.75, 3.05) is 0 Å². The summed E-state index contributed by atoms with van der Waals surface area (Å²) in [5.41, 5.74) is 9.48. The first-order chi connectivity index (χ1) is 10.2. The number of hydrogen-bond donors (Lipinski definition) is 0. The predicted octanol–water partition coefficient (Wildman–Crippen LogP) is 6.72. The zero-order valence-corrected chi connectivity index (χ0v) is 16.0. The Morgan fingerprint density at radius 1 is 0.636 bits per heavy atom. The summed E-state index contributed by atoms with van der Waals surface area (Å²) in [5, 5.41) is 0. The molecule has 0 saturated heterocycles. The zero-order valence-electron chi connectivity index (χ0n) is 16.0. The van der Waals surface area contributed by atoms with Gasteiger partial charge < -0.3 is 0 Å². The molecule has 2 unspecified atom stereocenters. The van der Waals surface area contributed by atoms with Crippen LogP contribution >= 0.6 is 0 Å². The molecule has 22 heavy (non-hydrogen) atoms. The minimum Gasteiger partial charge on any atom is -0.0656 e. The summed E-state index contributed by atoms with van der Waals surface area (Å²) in [5.74, 6) is 3.16. The van der Waals surface area contributed by atoms with E-state index in [0.717, 1.165) is 0 Å². The molecule has 0 aliphatic heterocycles. The average Bonchev–Trinajstić information content (AvgIpc) is 2.86. The highest BCUT2D eigenvalue weighted by molar-refractivity contribution is 5.46. The van der Waals surface area contributed by atoms with Gasteiger partial charge in [-0.25, -0.2) is 0 Å². The standard InChI is InChI=1S/C22H34/c1-12(2)19-10-14(5)21(16(19)7)18(9)22-15(6)11-20(13(3)4)17(22)8/h10-13,18,21-22H,1-9H3. The van der Waals surface area contributed by atoms with Gasteiger partial charge in [0, 0.05) is 11.8 Å². The molecule has 2 aliphatic carbocycles. The molecule has 0 bridgehead atoms. The molecular formula is C22H34. The van der Waals surface area contributed by atoms with Crippen LogP contribution in [0.5, 0.6) is 0 Å². The highest BCUT2D eigenvalue weighted by Crippen LogP contribution is 2.48. The highest BCUT2D eigenvalue weighted by atomic mass is 14.4. The third kappa shape index (κ3) is 2.77. The van der Waals surface area contributed by atoms with Gasteiger partial charge in [-0.05, 0) is 56.6 Å². The quantitative estimate of drug-likeness (QED) is 0.540. The molecule has 0 spiro atoms. The van der Waals surface area contributed by atoms with Gasteiger partial charge >= 0.3 is 0 Å². The van der Waals surface area contributed by atoms with E-state index in [4.69, 9.17) is 0 Å². The molecule has 0 fully saturated rings. The van der Waals surface area contributed by atoms with Crippen LogP contribution < -0.4 is 0 Å². The van der Waals surface area contributed by atoms with Crippen molar-refractivity contribution in [3.05, 3.63) is 45.6 Å². The summed E-state index contributed by atoms with van der Waals surface area (Å²) in [4.78, 5) is 0. The molecule has 0 heterocycles. The Labute approximate surface area is 138 Å². The summed E-state index contributed by atoms with van der Waals surface area (Å²) in [6, 6.07) is 0. The summed E-state index contributed by atoms with van der Waals surface area (Å²) in [6.07, 6.45) is 4.91. The molecule has 0 nitrogen and oxygen atoms in total. The molecule has 0 N–H and O–H groups in total. The third-order valence-corrected chi connectivity index (χ3v) is 5.89. The monoisotopic (exact) mass is 298 g/mol. The second kappa shape index (κ2) is 6.22. The number of rotatable bonds is 4. The van der Waals surface area contributed by atoms with Crippen LogP contribution in [-0.4, -0.2) is 0 Å². The molecule has 0 aromatic carbocycles. The van der Waals surface area contributed by atoms with Crippen LogP contribution in [0.15, 0.2) is 45.6 Å². The van der Waals surface area contributed by atoms with Gasteiger partial charge in [0.2, 0.25) is 0 Å². The second-order valence-corrected chi connectivity index (χ2v) is 8.18. The molecule has 0 aromatic rings. The lowest BCUT2D eigenvalue weighted by Crippen LogP contribution is -2.23. The predicted molar refractivity (Wildman–Crippen MR) is 98.7 cm³/mol. The summed E-state index contributed by atoms with van der Waals surface area (Å²) < 4.78 is 0. The summed E-state index contributed by atoms with van der Waals surface area (Å²) >= 11 is 0. The maximum absolute atomic E-state index is 2.46. The minimum absolute atomic E-state index is 0.618. The molecule has 0 amide bonds. The molecule has 2 rings (SSSR count). The average molecular weight is 299 g/mol. The van der Waals surface area contributed by atoms with Crippen molar-refractivity contribution < 1.29 is 0 Å². The van der Waals surface area contributed by atoms with Gasteiger partial charge in [0.1, 0.15) is 0 Å². The van der Waals surface area contributed by atoms with Crippen LogP contribution in [0.1, 0.15) is 62.3 Å². The second-order valence-electron chi connectivity index (χ2n) is 8.18. The lowest BCUT2D eigenvalue weighted by Gasteiger charge is -2.31. The Morgan fingerprint density at radius 3 is 1.18 bits per heavy atom. The van der Waals surface area contributed by atoms with E-state index in [-0.39, 0.29) is 0 Å². The lowest BCUT2D eigenvalue weighted by atomic mass is 9.73. The van der Waals surface area contributed by atoms with Crippen LogP contribution in [0.25, 0.3) is 0 Å². The molecule has 0 radical (unpaired) electrons. The van der Waals surface area contributed by atoms with Crippen molar-refractivity contribution in [2.45, 2.75) is 62.3 Å². The van der Waals surface area contributed by atoms with Crippen molar-refractivity contribution in [3.63, 3.8) is 0 Å². The van der Waals surface area contributed by atoms with Crippen LogP contribution in [0.4, 0.5) is 0 Å². The van der Waals surface area contributed by atoms with E-state index in [0.29, 0.717) is 29.6 Å². The van der Waals surface area contributed by atoms with E-state index in [9.17, 15) is 0 Å². The van der Waals surface area contributed by atoms with E-state index in [1.807, 2.05) is 0 Å². The van der Waals surface area contributed by atoms with Crippen LogP contribution in [0, 0.1) is 29.6 Å². The van der Waals surface area contributed by atoms with Gasteiger partial charge in [-0.15, -0.1) is 0 Å². The Balaban J connectivity index is 2.36. The van der Waals surface area contributed by atoms with Crippen molar-refractivity contribution in [2.24, 2.45) is 29.6 Å². The fourth-order valence-corrected chi connectivity index (χ4v) is 4.99. The molecule has 2 aliphatic rings. The van der Waals surface area contributed by atoms with Gasteiger partial charge in [-0.3, -0.25) is 0 Å².